The second kappa shape index (κ2) is 8.24. The molecule has 0 spiro atoms. The molecule has 1 heterocycles. The molecule has 0 saturated carbocycles. The zero-order valence-electron chi connectivity index (χ0n) is 17.2. The maximum Gasteiger partial charge on any atom is 0.163 e. The van der Waals surface area contributed by atoms with Crippen LogP contribution in [-0.2, 0) is 25.8 Å². The molecule has 1 aliphatic carbocycles. The summed E-state index contributed by atoms with van der Waals surface area (Å²) in [6.07, 6.45) is 9.88. The summed E-state index contributed by atoms with van der Waals surface area (Å²) in [6, 6.07) is 14.5. The molecule has 1 aliphatic rings. The summed E-state index contributed by atoms with van der Waals surface area (Å²) in [4.78, 5) is 16.6. The Balaban J connectivity index is 1.64. The fraction of sp³-hybridized carbons (Fsp3) is 0.360. The molecule has 4 rings (SSSR count). The molecule has 3 aromatic rings. The van der Waals surface area contributed by atoms with Crippen LogP contribution in [-0.4, -0.2) is 20.9 Å². The average Bonchev–Trinajstić information content (AvgIpc) is 3.20. The van der Waals surface area contributed by atoms with Crippen LogP contribution in [0.5, 0.6) is 5.75 Å². The van der Waals surface area contributed by atoms with E-state index >= 15 is 0 Å². The summed E-state index contributed by atoms with van der Waals surface area (Å²) in [5, 5.41) is 0. The third kappa shape index (κ3) is 4.58. The molecule has 2 aromatic carbocycles. The molecule has 0 radical (unpaired) electrons. The quantitative estimate of drug-likeness (QED) is 0.569. The molecule has 0 N–H and O–H groups in total. The summed E-state index contributed by atoms with van der Waals surface area (Å²) in [5.41, 5.74) is 4.18. The third-order valence-electron chi connectivity index (χ3n) is 5.53. The van der Waals surface area contributed by atoms with Crippen molar-refractivity contribution in [3.8, 4) is 5.75 Å². The van der Waals surface area contributed by atoms with E-state index in [-0.39, 0.29) is 5.78 Å². The van der Waals surface area contributed by atoms with Gasteiger partial charge in [0.15, 0.2) is 5.78 Å². The number of ether oxygens (including phenoxy) is 1. The standard InChI is InChI=1S/C25H28N2O2/c1-25(2,17-27-16-15-26-18-27)29-24-14-13-21-20(9-6-10-23(21)28)22(24)12-11-19-7-4-3-5-8-19/h3-5,7-8,13-16,18H,6,9-12,17H2,1-2H3. The van der Waals surface area contributed by atoms with Crippen molar-refractivity contribution < 1.29 is 9.53 Å². The van der Waals surface area contributed by atoms with Gasteiger partial charge in [-0.05, 0) is 68.4 Å². The molecule has 0 amide bonds. The number of Topliss-reactive ketones (excluding diaryl/α,β-unsaturated/α-hetero) is 1. The number of carbonyl (C=O) groups is 1. The number of imidazole rings is 1. The van der Waals surface area contributed by atoms with E-state index in [0.717, 1.165) is 37.0 Å². The first kappa shape index (κ1) is 19.4. The highest BCUT2D eigenvalue weighted by Gasteiger charge is 2.26. The number of fused-ring (bicyclic) bond motifs is 1. The van der Waals surface area contributed by atoms with Gasteiger partial charge in [-0.25, -0.2) is 4.98 Å². The maximum atomic E-state index is 12.5. The van der Waals surface area contributed by atoms with Crippen LogP contribution in [0.1, 0.15) is 53.7 Å². The van der Waals surface area contributed by atoms with Gasteiger partial charge in [0.2, 0.25) is 0 Å². The highest BCUT2D eigenvalue weighted by molar-refractivity contribution is 5.99. The summed E-state index contributed by atoms with van der Waals surface area (Å²) in [7, 11) is 0. The molecular formula is C25H28N2O2. The Kier molecular flexibility index (Phi) is 5.52. The van der Waals surface area contributed by atoms with Crippen LogP contribution in [0.25, 0.3) is 0 Å². The Hall–Kier alpha value is -2.88. The Morgan fingerprint density at radius 2 is 1.90 bits per heavy atom. The van der Waals surface area contributed by atoms with Crippen LogP contribution in [0.3, 0.4) is 0 Å². The zero-order valence-corrected chi connectivity index (χ0v) is 17.2. The van der Waals surface area contributed by atoms with Crippen LogP contribution in [0.15, 0.2) is 61.2 Å². The van der Waals surface area contributed by atoms with Gasteiger partial charge in [-0.2, -0.15) is 0 Å². The van der Waals surface area contributed by atoms with Gasteiger partial charge in [0, 0.05) is 24.4 Å². The average molecular weight is 389 g/mol. The van der Waals surface area contributed by atoms with Crippen molar-refractivity contribution >= 4 is 5.78 Å². The number of aryl methyl sites for hydroxylation is 1. The van der Waals surface area contributed by atoms with Gasteiger partial charge in [0.25, 0.3) is 0 Å². The van der Waals surface area contributed by atoms with Gasteiger partial charge in [0.1, 0.15) is 11.4 Å². The van der Waals surface area contributed by atoms with E-state index in [0.29, 0.717) is 13.0 Å². The van der Waals surface area contributed by atoms with Crippen molar-refractivity contribution in [1.82, 2.24) is 9.55 Å². The molecule has 4 nitrogen and oxygen atoms in total. The van der Waals surface area contributed by atoms with Crippen molar-refractivity contribution in [2.45, 2.75) is 58.1 Å². The predicted octanol–water partition coefficient (Wildman–Crippen LogP) is 5.04. The van der Waals surface area contributed by atoms with Gasteiger partial charge >= 0.3 is 0 Å². The lowest BCUT2D eigenvalue weighted by Gasteiger charge is -2.30. The number of hydrogen-bond acceptors (Lipinski definition) is 3. The van der Waals surface area contributed by atoms with Gasteiger partial charge in [-0.15, -0.1) is 0 Å². The summed E-state index contributed by atoms with van der Waals surface area (Å²) < 4.78 is 8.57. The summed E-state index contributed by atoms with van der Waals surface area (Å²) in [6.45, 7) is 4.90. The Labute approximate surface area is 172 Å². The van der Waals surface area contributed by atoms with Crippen LogP contribution >= 0.6 is 0 Å². The second-order valence-electron chi connectivity index (χ2n) is 8.43. The van der Waals surface area contributed by atoms with E-state index in [1.807, 2.05) is 35.3 Å². The SMILES string of the molecule is CC(C)(Cn1ccnc1)Oc1ccc2c(c1CCc1ccccc1)CCCC2=O. The minimum absolute atomic E-state index is 0.261. The second-order valence-corrected chi connectivity index (χ2v) is 8.43. The first-order valence-electron chi connectivity index (χ1n) is 10.4. The molecule has 0 atom stereocenters. The molecule has 1 aromatic heterocycles. The number of ketones is 1. The fourth-order valence-corrected chi connectivity index (χ4v) is 4.21. The van der Waals surface area contributed by atoms with Gasteiger partial charge in [-0.3, -0.25) is 4.79 Å². The Morgan fingerprint density at radius 3 is 2.66 bits per heavy atom. The lowest BCUT2D eigenvalue weighted by molar-refractivity contribution is 0.0878. The number of aromatic nitrogens is 2. The highest BCUT2D eigenvalue weighted by Crippen LogP contribution is 2.34. The van der Waals surface area contributed by atoms with Gasteiger partial charge in [0.05, 0.1) is 12.9 Å². The van der Waals surface area contributed by atoms with Gasteiger partial charge in [-0.1, -0.05) is 30.3 Å². The van der Waals surface area contributed by atoms with Crippen LogP contribution in [0, 0.1) is 0 Å². The van der Waals surface area contributed by atoms with Gasteiger partial charge < -0.3 is 9.30 Å². The molecule has 0 unspecified atom stereocenters. The molecule has 29 heavy (non-hydrogen) atoms. The number of nitrogens with zero attached hydrogens (tertiary/aromatic N) is 2. The van der Waals surface area contributed by atoms with E-state index < -0.39 is 5.60 Å². The minimum Gasteiger partial charge on any atom is -0.486 e. The number of rotatable bonds is 7. The Bertz CT molecular complexity index is 976. The molecule has 150 valence electrons. The third-order valence-corrected chi connectivity index (χ3v) is 5.53. The molecule has 4 heteroatoms. The predicted molar refractivity (Wildman–Crippen MR) is 114 cm³/mol. The summed E-state index contributed by atoms with van der Waals surface area (Å²) in [5.74, 6) is 1.16. The first-order chi connectivity index (χ1) is 14.0. The molecular weight excluding hydrogens is 360 g/mol. The normalized spacial score (nSPS) is 13.9. The van der Waals surface area contributed by atoms with E-state index in [9.17, 15) is 4.79 Å². The van der Waals surface area contributed by atoms with E-state index in [4.69, 9.17) is 4.74 Å². The molecule has 0 aliphatic heterocycles. The molecule has 0 fully saturated rings. The lowest BCUT2D eigenvalue weighted by Crippen LogP contribution is -2.34. The van der Waals surface area contributed by atoms with Crippen molar-refractivity contribution in [1.29, 1.82) is 0 Å². The van der Waals surface area contributed by atoms with Crippen molar-refractivity contribution in [2.75, 3.05) is 0 Å². The fourth-order valence-electron chi connectivity index (χ4n) is 4.21. The smallest absolute Gasteiger partial charge is 0.163 e. The highest BCUT2D eigenvalue weighted by atomic mass is 16.5. The maximum absolute atomic E-state index is 12.5. The number of hydrogen-bond donors (Lipinski definition) is 0. The van der Waals surface area contributed by atoms with Crippen molar-refractivity contribution in [3.05, 3.63) is 83.4 Å². The topological polar surface area (TPSA) is 44.1 Å². The van der Waals surface area contributed by atoms with Crippen LogP contribution in [0.2, 0.25) is 0 Å². The van der Waals surface area contributed by atoms with Crippen LogP contribution in [0.4, 0.5) is 0 Å². The number of carbonyl (C=O) groups excluding carboxylic acids is 1. The molecule has 0 saturated heterocycles. The van der Waals surface area contributed by atoms with E-state index in [1.165, 1.54) is 16.7 Å². The van der Waals surface area contributed by atoms with Crippen molar-refractivity contribution in [3.63, 3.8) is 0 Å². The zero-order chi connectivity index (χ0) is 20.3. The molecule has 0 bridgehead atoms. The minimum atomic E-state index is -0.394. The van der Waals surface area contributed by atoms with Crippen molar-refractivity contribution in [2.24, 2.45) is 0 Å². The first-order valence-corrected chi connectivity index (χ1v) is 10.4. The monoisotopic (exact) mass is 388 g/mol. The van der Waals surface area contributed by atoms with E-state index in [1.54, 1.807) is 6.20 Å². The number of benzene rings is 2. The lowest BCUT2D eigenvalue weighted by atomic mass is 9.85. The summed E-state index contributed by atoms with van der Waals surface area (Å²) >= 11 is 0. The largest absolute Gasteiger partial charge is 0.486 e. The van der Waals surface area contributed by atoms with E-state index in [2.05, 4.69) is 43.1 Å². The Morgan fingerprint density at radius 1 is 1.07 bits per heavy atom. The van der Waals surface area contributed by atoms with Crippen LogP contribution < -0.4 is 4.74 Å².